The van der Waals surface area contributed by atoms with E-state index in [1.165, 1.54) is 0 Å². The minimum Gasteiger partial charge on any atom is -0.497 e. The van der Waals surface area contributed by atoms with Gasteiger partial charge in [-0.2, -0.15) is 0 Å². The van der Waals surface area contributed by atoms with Crippen molar-refractivity contribution in [3.05, 3.63) is 29.8 Å². The van der Waals surface area contributed by atoms with E-state index in [0.717, 1.165) is 11.3 Å². The number of ether oxygens (including phenoxy) is 2. The molecule has 0 aliphatic heterocycles. The minimum atomic E-state index is -0.597. The smallest absolute Gasteiger partial charge is 0.323 e. The molecule has 0 radical (unpaired) electrons. The summed E-state index contributed by atoms with van der Waals surface area (Å²) < 4.78 is 10.5. The lowest BCUT2D eigenvalue weighted by Crippen LogP contribution is -2.38. The lowest BCUT2D eigenvalue weighted by molar-refractivity contribution is -0.157. The van der Waals surface area contributed by atoms with Gasteiger partial charge in [-0.15, -0.1) is 0 Å². The predicted molar refractivity (Wildman–Crippen MR) is 70.5 cm³/mol. The van der Waals surface area contributed by atoms with Gasteiger partial charge in [-0.05, 0) is 38.5 Å². The summed E-state index contributed by atoms with van der Waals surface area (Å²) in [4.78, 5) is 11.5. The summed E-state index contributed by atoms with van der Waals surface area (Å²) in [6, 6.07) is 7.10. The molecule has 0 saturated carbocycles. The van der Waals surface area contributed by atoms with E-state index in [0.29, 0.717) is 6.42 Å². The molecule has 4 nitrogen and oxygen atoms in total. The Hall–Kier alpha value is -1.55. The molecule has 0 heterocycles. The average molecular weight is 251 g/mol. The topological polar surface area (TPSA) is 61.5 Å². The van der Waals surface area contributed by atoms with Crippen molar-refractivity contribution in [3.63, 3.8) is 0 Å². The van der Waals surface area contributed by atoms with Crippen molar-refractivity contribution in [2.24, 2.45) is 5.73 Å². The van der Waals surface area contributed by atoms with Crippen LogP contribution in [0.15, 0.2) is 24.3 Å². The molecule has 0 fully saturated rings. The van der Waals surface area contributed by atoms with Crippen LogP contribution < -0.4 is 10.5 Å². The number of benzene rings is 1. The second kappa shape index (κ2) is 5.87. The van der Waals surface area contributed by atoms with Gasteiger partial charge in [0.1, 0.15) is 17.4 Å². The van der Waals surface area contributed by atoms with Crippen molar-refractivity contribution in [2.45, 2.75) is 38.8 Å². The quantitative estimate of drug-likeness (QED) is 0.812. The number of hydrogen-bond donors (Lipinski definition) is 1. The van der Waals surface area contributed by atoms with E-state index in [2.05, 4.69) is 0 Å². The first kappa shape index (κ1) is 14.5. The molecule has 18 heavy (non-hydrogen) atoms. The molecule has 0 aliphatic rings. The zero-order chi connectivity index (χ0) is 13.8. The first-order valence-corrected chi connectivity index (χ1v) is 5.95. The van der Waals surface area contributed by atoms with Gasteiger partial charge in [0.05, 0.1) is 7.11 Å². The molecule has 1 rings (SSSR count). The summed E-state index contributed by atoms with van der Waals surface area (Å²) in [6.45, 7) is 5.36. The fourth-order valence-electron chi connectivity index (χ4n) is 1.64. The van der Waals surface area contributed by atoms with Gasteiger partial charge in [0.15, 0.2) is 0 Å². The van der Waals surface area contributed by atoms with Gasteiger partial charge in [-0.1, -0.05) is 12.1 Å². The van der Waals surface area contributed by atoms with Crippen LogP contribution in [0, 0.1) is 0 Å². The summed E-state index contributed by atoms with van der Waals surface area (Å²) in [5.41, 5.74) is 5.99. The first-order chi connectivity index (χ1) is 8.34. The molecule has 0 saturated heterocycles. The third-order valence-electron chi connectivity index (χ3n) is 2.54. The molecule has 0 amide bonds. The molecule has 0 aliphatic carbocycles. The number of methoxy groups -OCH3 is 1. The van der Waals surface area contributed by atoms with Gasteiger partial charge in [-0.25, -0.2) is 0 Å². The molecule has 0 unspecified atom stereocenters. The van der Waals surface area contributed by atoms with Crippen molar-refractivity contribution in [3.8, 4) is 5.75 Å². The lowest BCUT2D eigenvalue weighted by Gasteiger charge is -2.26. The van der Waals surface area contributed by atoms with E-state index < -0.39 is 11.6 Å². The highest BCUT2D eigenvalue weighted by Gasteiger charge is 2.25. The summed E-state index contributed by atoms with van der Waals surface area (Å²) in [6.07, 6.45) is 0.634. The van der Waals surface area contributed by atoms with Crippen molar-refractivity contribution in [1.82, 2.24) is 0 Å². The zero-order valence-corrected chi connectivity index (χ0v) is 11.4. The molecule has 1 aromatic rings. The number of carbonyl (C=O) groups is 1. The van der Waals surface area contributed by atoms with Crippen LogP contribution in [0.2, 0.25) is 0 Å². The van der Waals surface area contributed by atoms with E-state index in [9.17, 15) is 4.79 Å². The molecule has 1 aromatic carbocycles. The highest BCUT2D eigenvalue weighted by atomic mass is 16.6. The normalized spacial score (nSPS) is 12.9. The largest absolute Gasteiger partial charge is 0.497 e. The molecular formula is C14H21NO3. The third-order valence-corrected chi connectivity index (χ3v) is 2.54. The van der Waals surface area contributed by atoms with Crippen molar-refractivity contribution in [1.29, 1.82) is 0 Å². The Bertz CT molecular complexity index is 396. The Morgan fingerprint density at radius 1 is 1.33 bits per heavy atom. The van der Waals surface area contributed by atoms with E-state index >= 15 is 0 Å². The molecule has 2 N–H and O–H groups in total. The summed E-state index contributed by atoms with van der Waals surface area (Å²) in [5, 5.41) is 0. The van der Waals surface area contributed by atoms with Gasteiger partial charge >= 0.3 is 5.97 Å². The standard InChI is InChI=1S/C14H21NO3/c1-10(15)13(16)18-14(2,3)9-11-5-7-12(17-4)8-6-11/h5-8,10H,9,15H2,1-4H3/t10-/m0/s1. The summed E-state index contributed by atoms with van der Waals surface area (Å²) >= 11 is 0. The SMILES string of the molecule is COc1ccc(CC(C)(C)OC(=O)[C@H](C)N)cc1. The molecule has 0 aromatic heterocycles. The predicted octanol–water partition coefficient (Wildman–Crippen LogP) is 1.91. The van der Waals surface area contributed by atoms with Crippen molar-refractivity contribution in [2.75, 3.05) is 7.11 Å². The van der Waals surface area contributed by atoms with E-state index in [-0.39, 0.29) is 5.97 Å². The van der Waals surface area contributed by atoms with Crippen LogP contribution >= 0.6 is 0 Å². The molecular weight excluding hydrogens is 230 g/mol. The number of nitrogens with two attached hydrogens (primary N) is 1. The monoisotopic (exact) mass is 251 g/mol. The molecule has 1 atom stereocenters. The Morgan fingerprint density at radius 3 is 2.33 bits per heavy atom. The number of carbonyl (C=O) groups excluding carboxylic acids is 1. The van der Waals surface area contributed by atoms with Gasteiger partial charge in [0.2, 0.25) is 0 Å². The number of rotatable bonds is 5. The Balaban J connectivity index is 2.66. The van der Waals surface area contributed by atoms with Crippen LogP contribution in [0.3, 0.4) is 0 Å². The fraction of sp³-hybridized carbons (Fsp3) is 0.500. The van der Waals surface area contributed by atoms with Crippen LogP contribution in [0.4, 0.5) is 0 Å². The third kappa shape index (κ3) is 4.37. The summed E-state index contributed by atoms with van der Waals surface area (Å²) in [7, 11) is 1.63. The fourth-order valence-corrected chi connectivity index (χ4v) is 1.64. The number of esters is 1. The second-order valence-electron chi connectivity index (χ2n) is 4.99. The second-order valence-corrected chi connectivity index (χ2v) is 4.99. The maximum atomic E-state index is 11.5. The van der Waals surface area contributed by atoms with Crippen molar-refractivity contribution >= 4 is 5.97 Å². The zero-order valence-electron chi connectivity index (χ0n) is 11.4. The summed E-state index contributed by atoms with van der Waals surface area (Å²) in [5.74, 6) is 0.428. The molecule has 0 spiro atoms. The molecule has 0 bridgehead atoms. The highest BCUT2D eigenvalue weighted by molar-refractivity contribution is 5.75. The van der Waals surface area contributed by atoms with E-state index in [1.807, 2.05) is 38.1 Å². The Labute approximate surface area is 108 Å². The van der Waals surface area contributed by atoms with Gasteiger partial charge in [0.25, 0.3) is 0 Å². The Morgan fingerprint density at radius 2 is 1.89 bits per heavy atom. The maximum Gasteiger partial charge on any atom is 0.323 e. The van der Waals surface area contributed by atoms with Gasteiger partial charge < -0.3 is 15.2 Å². The highest BCUT2D eigenvalue weighted by Crippen LogP contribution is 2.20. The van der Waals surface area contributed by atoms with Gasteiger partial charge in [-0.3, -0.25) is 4.79 Å². The Kier molecular flexibility index (Phi) is 4.73. The van der Waals surface area contributed by atoms with Crippen LogP contribution in [0.25, 0.3) is 0 Å². The number of hydrogen-bond acceptors (Lipinski definition) is 4. The molecule has 100 valence electrons. The first-order valence-electron chi connectivity index (χ1n) is 5.95. The van der Waals surface area contributed by atoms with Crippen LogP contribution in [0.5, 0.6) is 5.75 Å². The van der Waals surface area contributed by atoms with Crippen LogP contribution in [-0.2, 0) is 16.0 Å². The lowest BCUT2D eigenvalue weighted by atomic mass is 9.98. The van der Waals surface area contributed by atoms with Gasteiger partial charge in [0, 0.05) is 6.42 Å². The van der Waals surface area contributed by atoms with Crippen LogP contribution in [-0.4, -0.2) is 24.7 Å². The van der Waals surface area contributed by atoms with Crippen molar-refractivity contribution < 1.29 is 14.3 Å². The van der Waals surface area contributed by atoms with Crippen LogP contribution in [0.1, 0.15) is 26.3 Å². The van der Waals surface area contributed by atoms with E-state index in [1.54, 1.807) is 14.0 Å². The minimum absolute atomic E-state index is 0.381. The average Bonchev–Trinajstić information content (AvgIpc) is 2.28. The maximum absolute atomic E-state index is 11.5. The van der Waals surface area contributed by atoms with E-state index in [4.69, 9.17) is 15.2 Å². The molecule has 4 heteroatoms.